The van der Waals surface area contributed by atoms with Crippen molar-refractivity contribution in [1.29, 1.82) is 0 Å². The molecular weight excluding hydrogens is 270 g/mol. The fourth-order valence-electron chi connectivity index (χ4n) is 1.51. The number of hydrogen-bond donors (Lipinski definition) is 1. The van der Waals surface area contributed by atoms with Crippen LogP contribution in [0.3, 0.4) is 0 Å². The van der Waals surface area contributed by atoms with Gasteiger partial charge in [0.15, 0.2) is 0 Å². The minimum atomic E-state index is -0.0399. The molecule has 1 amide bonds. The van der Waals surface area contributed by atoms with Crippen molar-refractivity contribution in [3.05, 3.63) is 17.5 Å². The van der Waals surface area contributed by atoms with Gasteiger partial charge in [-0.15, -0.1) is 0 Å². The van der Waals surface area contributed by atoms with Gasteiger partial charge in [0.1, 0.15) is 5.69 Å². The van der Waals surface area contributed by atoms with Crippen LogP contribution in [0.5, 0.6) is 0 Å². The highest BCUT2D eigenvalue weighted by Gasteiger charge is 2.10. The van der Waals surface area contributed by atoms with E-state index in [2.05, 4.69) is 26.3 Å². The predicted molar refractivity (Wildman–Crippen MR) is 67.9 cm³/mol. The molecule has 0 aromatic carbocycles. The third-order valence-corrected chi connectivity index (χ3v) is 2.89. The number of amides is 1. The first kappa shape index (κ1) is 13.2. The van der Waals surface area contributed by atoms with Crippen LogP contribution in [0.25, 0.3) is 0 Å². The Morgan fingerprint density at radius 3 is 2.81 bits per heavy atom. The number of hydrogen-bond acceptors (Lipinski definition) is 2. The Morgan fingerprint density at radius 2 is 2.25 bits per heavy atom. The second-order valence-corrected chi connectivity index (χ2v) is 4.59. The van der Waals surface area contributed by atoms with Crippen LogP contribution in [0.15, 0.2) is 6.07 Å². The van der Waals surface area contributed by atoms with Gasteiger partial charge >= 0.3 is 0 Å². The van der Waals surface area contributed by atoms with E-state index in [1.807, 2.05) is 6.92 Å². The van der Waals surface area contributed by atoms with Gasteiger partial charge in [-0.2, -0.15) is 5.10 Å². The average Bonchev–Trinajstić information content (AvgIpc) is 2.57. The first-order chi connectivity index (χ1) is 7.65. The Balaban J connectivity index is 2.33. The van der Waals surface area contributed by atoms with Crippen molar-refractivity contribution in [2.45, 2.75) is 26.2 Å². The summed E-state index contributed by atoms with van der Waals surface area (Å²) in [4.78, 5) is 11.7. The minimum absolute atomic E-state index is 0.0399. The molecule has 1 rings (SSSR count). The zero-order valence-corrected chi connectivity index (χ0v) is 11.4. The summed E-state index contributed by atoms with van der Waals surface area (Å²) in [5.41, 5.74) is 1.49. The van der Waals surface area contributed by atoms with E-state index in [1.54, 1.807) is 17.8 Å². The second-order valence-electron chi connectivity index (χ2n) is 3.80. The molecule has 0 saturated carbocycles. The first-order valence-electron chi connectivity index (χ1n) is 5.50. The van der Waals surface area contributed by atoms with Crippen molar-refractivity contribution in [3.8, 4) is 0 Å². The van der Waals surface area contributed by atoms with Gasteiger partial charge in [0.25, 0.3) is 5.91 Å². The Kier molecular flexibility index (Phi) is 5.52. The molecule has 0 atom stereocenters. The number of alkyl halides is 1. The van der Waals surface area contributed by atoms with Crippen LogP contribution in [0, 0.1) is 6.92 Å². The lowest BCUT2D eigenvalue weighted by molar-refractivity contribution is 0.0943. The summed E-state index contributed by atoms with van der Waals surface area (Å²) in [5, 5.41) is 8.07. The minimum Gasteiger partial charge on any atom is -0.351 e. The van der Waals surface area contributed by atoms with Gasteiger partial charge in [-0.3, -0.25) is 9.48 Å². The number of nitrogens with one attached hydrogen (secondary N) is 1. The quantitative estimate of drug-likeness (QED) is 0.643. The van der Waals surface area contributed by atoms with Gasteiger partial charge in [0, 0.05) is 18.9 Å². The van der Waals surface area contributed by atoms with Gasteiger partial charge in [0.2, 0.25) is 0 Å². The van der Waals surface area contributed by atoms with E-state index in [-0.39, 0.29) is 5.91 Å². The zero-order chi connectivity index (χ0) is 12.0. The maximum atomic E-state index is 11.7. The summed E-state index contributed by atoms with van der Waals surface area (Å²) < 4.78 is 1.61. The van der Waals surface area contributed by atoms with E-state index in [0.29, 0.717) is 5.69 Å². The van der Waals surface area contributed by atoms with E-state index in [1.165, 1.54) is 0 Å². The third-order valence-electron chi connectivity index (χ3n) is 2.33. The molecule has 0 aliphatic carbocycles. The molecule has 1 aromatic heterocycles. The van der Waals surface area contributed by atoms with Crippen molar-refractivity contribution < 1.29 is 4.79 Å². The summed E-state index contributed by atoms with van der Waals surface area (Å²) >= 11 is 3.38. The van der Waals surface area contributed by atoms with Gasteiger partial charge in [-0.1, -0.05) is 22.4 Å². The molecule has 4 nitrogen and oxygen atoms in total. The van der Waals surface area contributed by atoms with Gasteiger partial charge in [-0.25, -0.2) is 0 Å². The van der Waals surface area contributed by atoms with Gasteiger partial charge in [0.05, 0.1) is 5.69 Å². The first-order valence-corrected chi connectivity index (χ1v) is 6.62. The molecule has 0 fully saturated rings. The highest BCUT2D eigenvalue weighted by molar-refractivity contribution is 9.09. The van der Waals surface area contributed by atoms with Crippen molar-refractivity contribution in [1.82, 2.24) is 15.1 Å². The van der Waals surface area contributed by atoms with E-state index >= 15 is 0 Å². The van der Waals surface area contributed by atoms with E-state index < -0.39 is 0 Å². The van der Waals surface area contributed by atoms with Crippen molar-refractivity contribution in [2.75, 3.05) is 11.9 Å². The summed E-state index contributed by atoms with van der Waals surface area (Å²) in [7, 11) is 1.78. The molecule has 1 N–H and O–H groups in total. The monoisotopic (exact) mass is 287 g/mol. The molecule has 90 valence electrons. The Bertz CT molecular complexity index is 349. The molecule has 0 aliphatic rings. The van der Waals surface area contributed by atoms with Crippen LogP contribution in [0.4, 0.5) is 0 Å². The van der Waals surface area contributed by atoms with Crippen LogP contribution in [0.2, 0.25) is 0 Å². The SMILES string of the molecule is Cc1cc(C(=O)NCCCCCBr)n(C)n1. The van der Waals surface area contributed by atoms with Crippen molar-refractivity contribution in [3.63, 3.8) is 0 Å². The number of aromatic nitrogens is 2. The predicted octanol–water partition coefficient (Wildman–Crippen LogP) is 2.02. The summed E-state index contributed by atoms with van der Waals surface area (Å²) in [5.74, 6) is -0.0399. The third kappa shape index (κ3) is 3.96. The number of nitrogens with zero attached hydrogens (tertiary/aromatic N) is 2. The van der Waals surface area contributed by atoms with Gasteiger partial charge < -0.3 is 5.32 Å². The van der Waals surface area contributed by atoms with E-state index in [0.717, 1.165) is 36.8 Å². The molecule has 0 radical (unpaired) electrons. The highest BCUT2D eigenvalue weighted by atomic mass is 79.9. The number of unbranched alkanes of at least 4 members (excludes halogenated alkanes) is 2. The van der Waals surface area contributed by atoms with Crippen LogP contribution < -0.4 is 5.32 Å². The molecule has 1 heterocycles. The van der Waals surface area contributed by atoms with Crippen LogP contribution >= 0.6 is 15.9 Å². The summed E-state index contributed by atoms with van der Waals surface area (Å²) in [6, 6.07) is 1.80. The Hall–Kier alpha value is -0.840. The molecular formula is C11H18BrN3O. The normalized spacial score (nSPS) is 10.4. The maximum Gasteiger partial charge on any atom is 0.269 e. The molecule has 16 heavy (non-hydrogen) atoms. The summed E-state index contributed by atoms with van der Waals surface area (Å²) in [6.45, 7) is 2.61. The molecule has 0 saturated heterocycles. The number of halogens is 1. The van der Waals surface area contributed by atoms with Crippen LogP contribution in [-0.4, -0.2) is 27.6 Å². The van der Waals surface area contributed by atoms with E-state index in [9.17, 15) is 4.79 Å². The standard InChI is InChI=1S/C11H18BrN3O/c1-9-8-10(15(2)14-9)11(16)13-7-5-3-4-6-12/h8H,3-7H2,1-2H3,(H,13,16). The lowest BCUT2D eigenvalue weighted by Crippen LogP contribution is -2.26. The lowest BCUT2D eigenvalue weighted by atomic mass is 10.2. The molecule has 5 heteroatoms. The molecule has 0 bridgehead atoms. The molecule has 0 unspecified atom stereocenters. The molecule has 0 aliphatic heterocycles. The highest BCUT2D eigenvalue weighted by Crippen LogP contribution is 2.02. The topological polar surface area (TPSA) is 46.9 Å². The molecule has 1 aromatic rings. The fraction of sp³-hybridized carbons (Fsp3) is 0.636. The average molecular weight is 288 g/mol. The summed E-state index contributed by atoms with van der Waals surface area (Å²) in [6.07, 6.45) is 3.31. The van der Waals surface area contributed by atoms with E-state index in [4.69, 9.17) is 0 Å². The number of carbonyl (C=O) groups excluding carboxylic acids is 1. The number of aryl methyl sites for hydroxylation is 2. The fourth-order valence-corrected chi connectivity index (χ4v) is 1.91. The Labute approximate surface area is 105 Å². The van der Waals surface area contributed by atoms with Crippen molar-refractivity contribution in [2.24, 2.45) is 7.05 Å². The maximum absolute atomic E-state index is 11.7. The second kappa shape index (κ2) is 6.68. The zero-order valence-electron chi connectivity index (χ0n) is 9.79. The number of carbonyl (C=O) groups is 1. The van der Waals surface area contributed by atoms with Crippen LogP contribution in [-0.2, 0) is 7.05 Å². The lowest BCUT2D eigenvalue weighted by Gasteiger charge is -2.04. The molecule has 0 spiro atoms. The smallest absolute Gasteiger partial charge is 0.269 e. The Morgan fingerprint density at radius 1 is 1.50 bits per heavy atom. The largest absolute Gasteiger partial charge is 0.351 e. The van der Waals surface area contributed by atoms with Crippen LogP contribution in [0.1, 0.15) is 35.4 Å². The number of rotatable bonds is 6. The van der Waals surface area contributed by atoms with Crippen molar-refractivity contribution >= 4 is 21.8 Å². The van der Waals surface area contributed by atoms with Gasteiger partial charge in [-0.05, 0) is 25.8 Å².